The van der Waals surface area contributed by atoms with Gasteiger partial charge < -0.3 is 19.6 Å². The van der Waals surface area contributed by atoms with Gasteiger partial charge in [-0.15, -0.1) is 0 Å². The first-order valence-electron chi connectivity index (χ1n) is 6.40. The van der Waals surface area contributed by atoms with Crippen molar-refractivity contribution in [3.8, 4) is 5.75 Å². The zero-order valence-corrected chi connectivity index (χ0v) is 11.4. The molecule has 1 atom stereocenters. The Bertz CT molecular complexity index is 433. The summed E-state index contributed by atoms with van der Waals surface area (Å²) in [5.74, 6) is -0.271. The van der Waals surface area contributed by atoms with Crippen molar-refractivity contribution >= 4 is 11.7 Å². The fourth-order valence-corrected chi connectivity index (χ4v) is 2.36. The maximum atomic E-state index is 11.3. The molecular weight excluding hydrogens is 244 g/mol. The highest BCUT2D eigenvalue weighted by Crippen LogP contribution is 2.21. The van der Waals surface area contributed by atoms with Gasteiger partial charge in [0.1, 0.15) is 5.75 Å². The van der Waals surface area contributed by atoms with Gasteiger partial charge in [0, 0.05) is 31.9 Å². The van der Waals surface area contributed by atoms with Crippen LogP contribution in [0.25, 0.3) is 0 Å². The molecule has 1 fully saturated rings. The highest BCUT2D eigenvalue weighted by atomic mass is 16.5. The van der Waals surface area contributed by atoms with Crippen LogP contribution in [0.5, 0.6) is 5.75 Å². The van der Waals surface area contributed by atoms with E-state index in [0.717, 1.165) is 24.5 Å². The topological polar surface area (TPSA) is 53.0 Å². The van der Waals surface area contributed by atoms with Crippen LogP contribution in [0.3, 0.4) is 0 Å². The number of hydrogen-bond donors (Lipinski definition) is 1. The number of nitrogens with zero attached hydrogens (tertiary/aromatic N) is 2. The molecular formula is C14H20N2O3. The molecule has 104 valence electrons. The summed E-state index contributed by atoms with van der Waals surface area (Å²) in [6.45, 7) is 2.86. The molecule has 0 amide bonds. The molecule has 1 aliphatic heterocycles. The Morgan fingerprint density at radius 3 is 2.53 bits per heavy atom. The first kappa shape index (κ1) is 13.7. The van der Waals surface area contributed by atoms with Crippen molar-refractivity contribution < 1.29 is 14.6 Å². The lowest BCUT2D eigenvalue weighted by atomic mass is 10.1. The molecule has 1 heterocycles. The summed E-state index contributed by atoms with van der Waals surface area (Å²) in [7, 11) is 3.60. The van der Waals surface area contributed by atoms with Gasteiger partial charge in [-0.2, -0.15) is 0 Å². The maximum Gasteiger partial charge on any atom is 0.309 e. The van der Waals surface area contributed by atoms with Crippen LogP contribution in [0.1, 0.15) is 0 Å². The summed E-state index contributed by atoms with van der Waals surface area (Å²) < 4.78 is 5.14. The summed E-state index contributed by atoms with van der Waals surface area (Å²) in [6.07, 6.45) is 0. The Hall–Kier alpha value is -1.75. The summed E-state index contributed by atoms with van der Waals surface area (Å²) >= 11 is 0. The fourth-order valence-electron chi connectivity index (χ4n) is 2.36. The van der Waals surface area contributed by atoms with E-state index in [1.54, 1.807) is 7.11 Å². The Labute approximate surface area is 113 Å². The quantitative estimate of drug-likeness (QED) is 0.887. The first-order valence-corrected chi connectivity index (χ1v) is 6.40. The highest BCUT2D eigenvalue weighted by Gasteiger charge is 2.26. The molecule has 0 spiro atoms. The number of carboxylic acids is 1. The number of benzene rings is 1. The standard InChI is InChI=1S/C14H20N2O3/c1-15-7-8-16(10-11(9-15)14(17)18)12-3-5-13(19-2)6-4-12/h3-6,11H,7-10H2,1-2H3,(H,17,18). The van der Waals surface area contributed by atoms with E-state index in [-0.39, 0.29) is 5.92 Å². The molecule has 0 bridgehead atoms. The predicted molar refractivity (Wildman–Crippen MR) is 73.8 cm³/mol. The molecule has 5 nitrogen and oxygen atoms in total. The number of aliphatic carboxylic acids is 1. The lowest BCUT2D eigenvalue weighted by Gasteiger charge is -2.24. The Kier molecular flexibility index (Phi) is 4.27. The Balaban J connectivity index is 2.15. The SMILES string of the molecule is COc1ccc(N2CCN(C)CC(C(=O)O)C2)cc1. The molecule has 1 unspecified atom stereocenters. The van der Waals surface area contributed by atoms with Gasteiger partial charge in [-0.25, -0.2) is 0 Å². The van der Waals surface area contributed by atoms with E-state index in [0.29, 0.717) is 13.1 Å². The smallest absolute Gasteiger partial charge is 0.309 e. The highest BCUT2D eigenvalue weighted by molar-refractivity contribution is 5.71. The number of carboxylic acid groups (broad SMARTS) is 1. The summed E-state index contributed by atoms with van der Waals surface area (Å²) in [4.78, 5) is 15.5. The van der Waals surface area contributed by atoms with Gasteiger partial charge >= 0.3 is 5.97 Å². The van der Waals surface area contributed by atoms with Gasteiger partial charge in [0.25, 0.3) is 0 Å². The molecule has 1 saturated heterocycles. The Morgan fingerprint density at radius 2 is 1.95 bits per heavy atom. The van der Waals surface area contributed by atoms with Crippen LogP contribution in [0, 0.1) is 5.92 Å². The van der Waals surface area contributed by atoms with Gasteiger partial charge in [0.2, 0.25) is 0 Å². The molecule has 5 heteroatoms. The third kappa shape index (κ3) is 3.38. The third-order valence-electron chi connectivity index (χ3n) is 3.51. The minimum absolute atomic E-state index is 0.352. The van der Waals surface area contributed by atoms with E-state index in [2.05, 4.69) is 9.80 Å². The third-order valence-corrected chi connectivity index (χ3v) is 3.51. The number of ether oxygens (including phenoxy) is 1. The van der Waals surface area contributed by atoms with Gasteiger partial charge in [-0.05, 0) is 31.3 Å². The zero-order valence-electron chi connectivity index (χ0n) is 11.4. The molecule has 1 aromatic rings. The van der Waals surface area contributed by atoms with Gasteiger partial charge in [0.15, 0.2) is 0 Å². The fraction of sp³-hybridized carbons (Fsp3) is 0.500. The molecule has 1 aromatic carbocycles. The van der Waals surface area contributed by atoms with E-state index in [4.69, 9.17) is 4.74 Å². The van der Waals surface area contributed by atoms with Crippen LogP contribution in [-0.2, 0) is 4.79 Å². The minimum Gasteiger partial charge on any atom is -0.497 e. The van der Waals surface area contributed by atoms with Crippen molar-refractivity contribution in [2.24, 2.45) is 5.92 Å². The van der Waals surface area contributed by atoms with E-state index in [1.165, 1.54) is 0 Å². The number of hydrogen-bond acceptors (Lipinski definition) is 4. The summed E-state index contributed by atoms with van der Waals surface area (Å²) in [5, 5.41) is 9.25. The van der Waals surface area contributed by atoms with Crippen molar-refractivity contribution in [2.75, 3.05) is 45.2 Å². The molecule has 1 aliphatic rings. The van der Waals surface area contributed by atoms with Gasteiger partial charge in [-0.3, -0.25) is 4.79 Å². The van der Waals surface area contributed by atoms with Crippen LogP contribution < -0.4 is 9.64 Å². The monoisotopic (exact) mass is 264 g/mol. The second-order valence-electron chi connectivity index (χ2n) is 4.94. The molecule has 19 heavy (non-hydrogen) atoms. The van der Waals surface area contributed by atoms with E-state index >= 15 is 0 Å². The lowest BCUT2D eigenvalue weighted by molar-refractivity contribution is -0.141. The molecule has 0 radical (unpaired) electrons. The van der Waals surface area contributed by atoms with Crippen LogP contribution in [-0.4, -0.2) is 56.3 Å². The number of rotatable bonds is 3. The normalized spacial score (nSPS) is 20.9. The molecule has 1 N–H and O–H groups in total. The van der Waals surface area contributed by atoms with E-state index in [1.807, 2.05) is 31.3 Å². The number of methoxy groups -OCH3 is 1. The number of likely N-dealkylation sites (N-methyl/N-ethyl adjacent to an activating group) is 1. The molecule has 0 aromatic heterocycles. The predicted octanol–water partition coefficient (Wildman–Crippen LogP) is 1.15. The van der Waals surface area contributed by atoms with E-state index in [9.17, 15) is 9.90 Å². The van der Waals surface area contributed by atoms with Crippen LogP contribution in [0.2, 0.25) is 0 Å². The number of carbonyl (C=O) groups is 1. The largest absolute Gasteiger partial charge is 0.497 e. The van der Waals surface area contributed by atoms with Crippen LogP contribution in [0.4, 0.5) is 5.69 Å². The van der Waals surface area contributed by atoms with Gasteiger partial charge in [0.05, 0.1) is 13.0 Å². The summed E-state index contributed by atoms with van der Waals surface area (Å²) in [5.41, 5.74) is 1.04. The lowest BCUT2D eigenvalue weighted by Crippen LogP contribution is -2.33. The van der Waals surface area contributed by atoms with Crippen LogP contribution >= 0.6 is 0 Å². The average molecular weight is 264 g/mol. The first-order chi connectivity index (χ1) is 9.10. The molecule has 0 saturated carbocycles. The van der Waals surface area contributed by atoms with Crippen molar-refractivity contribution in [2.45, 2.75) is 0 Å². The average Bonchev–Trinajstić information content (AvgIpc) is 2.61. The summed E-state index contributed by atoms with van der Waals surface area (Å²) in [6, 6.07) is 7.76. The van der Waals surface area contributed by atoms with Gasteiger partial charge in [-0.1, -0.05) is 0 Å². The Morgan fingerprint density at radius 1 is 1.26 bits per heavy atom. The van der Waals surface area contributed by atoms with E-state index < -0.39 is 5.97 Å². The molecule has 0 aliphatic carbocycles. The second-order valence-corrected chi connectivity index (χ2v) is 4.94. The minimum atomic E-state index is -0.729. The van der Waals surface area contributed by atoms with Crippen LogP contribution in [0.15, 0.2) is 24.3 Å². The van der Waals surface area contributed by atoms with Crippen molar-refractivity contribution in [1.82, 2.24) is 4.90 Å². The maximum absolute atomic E-state index is 11.3. The number of anilines is 1. The second kappa shape index (κ2) is 5.93. The zero-order chi connectivity index (χ0) is 13.8. The van der Waals surface area contributed by atoms with Crippen molar-refractivity contribution in [3.63, 3.8) is 0 Å². The van der Waals surface area contributed by atoms with Crippen molar-refractivity contribution in [1.29, 1.82) is 0 Å². The molecule has 2 rings (SSSR count). The van der Waals surface area contributed by atoms with Crippen molar-refractivity contribution in [3.05, 3.63) is 24.3 Å².